The third kappa shape index (κ3) is 5.08. The Balaban J connectivity index is 1.66. The molecule has 0 radical (unpaired) electrons. The van der Waals surface area contributed by atoms with Gasteiger partial charge in [-0.05, 0) is 47.4 Å². The normalized spacial score (nSPS) is 11.2. The molecule has 5 heteroatoms. The summed E-state index contributed by atoms with van der Waals surface area (Å²) >= 11 is 3.41. The summed E-state index contributed by atoms with van der Waals surface area (Å²) in [6.45, 7) is 0. The maximum atomic E-state index is 13.2. The van der Waals surface area contributed by atoms with Crippen LogP contribution in [0.25, 0.3) is 16.8 Å². The van der Waals surface area contributed by atoms with Crippen LogP contribution >= 0.6 is 15.9 Å². The molecule has 0 fully saturated rings. The van der Waals surface area contributed by atoms with Gasteiger partial charge in [0, 0.05) is 21.1 Å². The molecule has 0 aliphatic heterocycles. The molecular formula is C26H19BrN2O2. The maximum Gasteiger partial charge on any atom is 0.272 e. The number of benzene rings is 4. The highest BCUT2D eigenvalue weighted by atomic mass is 79.9. The van der Waals surface area contributed by atoms with Crippen molar-refractivity contribution in [3.05, 3.63) is 118 Å². The van der Waals surface area contributed by atoms with Crippen LogP contribution < -0.4 is 10.6 Å². The first-order valence-electron chi connectivity index (χ1n) is 9.73. The minimum Gasteiger partial charge on any atom is -0.320 e. The lowest BCUT2D eigenvalue weighted by molar-refractivity contribution is -0.113. The zero-order chi connectivity index (χ0) is 21.6. The van der Waals surface area contributed by atoms with E-state index in [1.165, 1.54) is 0 Å². The van der Waals surface area contributed by atoms with Gasteiger partial charge in [-0.25, -0.2) is 0 Å². The molecule has 4 nitrogen and oxygen atoms in total. The second-order valence-corrected chi connectivity index (χ2v) is 7.83. The molecule has 2 amide bonds. The molecule has 0 saturated heterocycles. The van der Waals surface area contributed by atoms with Crippen molar-refractivity contribution in [1.29, 1.82) is 0 Å². The van der Waals surface area contributed by atoms with E-state index in [2.05, 4.69) is 26.6 Å². The van der Waals surface area contributed by atoms with Crippen molar-refractivity contribution in [3.8, 4) is 0 Å². The second-order valence-electron chi connectivity index (χ2n) is 6.91. The fourth-order valence-electron chi connectivity index (χ4n) is 3.19. The minimum atomic E-state index is -0.399. The van der Waals surface area contributed by atoms with Crippen molar-refractivity contribution in [2.24, 2.45) is 0 Å². The number of hydrogen-bond acceptors (Lipinski definition) is 2. The Morgan fingerprint density at radius 1 is 0.742 bits per heavy atom. The molecule has 0 aliphatic carbocycles. The summed E-state index contributed by atoms with van der Waals surface area (Å²) in [6, 6.07) is 29.8. The van der Waals surface area contributed by atoms with Gasteiger partial charge in [0.25, 0.3) is 11.8 Å². The number of amides is 2. The van der Waals surface area contributed by atoms with Gasteiger partial charge in [-0.15, -0.1) is 0 Å². The molecule has 152 valence electrons. The van der Waals surface area contributed by atoms with Crippen LogP contribution in [0.5, 0.6) is 0 Å². The van der Waals surface area contributed by atoms with E-state index < -0.39 is 5.91 Å². The number of carbonyl (C=O) groups is 2. The van der Waals surface area contributed by atoms with Crippen LogP contribution in [0.1, 0.15) is 15.9 Å². The number of anilines is 1. The molecule has 0 aromatic heterocycles. The molecule has 0 bridgehead atoms. The first kappa shape index (κ1) is 20.6. The first-order chi connectivity index (χ1) is 15.1. The minimum absolute atomic E-state index is 0.157. The van der Waals surface area contributed by atoms with Crippen LogP contribution in [0.2, 0.25) is 0 Å². The molecule has 31 heavy (non-hydrogen) atoms. The lowest BCUT2D eigenvalue weighted by Crippen LogP contribution is -2.30. The van der Waals surface area contributed by atoms with Crippen molar-refractivity contribution in [3.63, 3.8) is 0 Å². The van der Waals surface area contributed by atoms with Crippen LogP contribution in [-0.4, -0.2) is 11.8 Å². The van der Waals surface area contributed by atoms with E-state index in [1.54, 1.807) is 30.3 Å². The van der Waals surface area contributed by atoms with E-state index in [0.717, 1.165) is 20.8 Å². The number of rotatable bonds is 5. The van der Waals surface area contributed by atoms with E-state index in [1.807, 2.05) is 72.8 Å². The quantitative estimate of drug-likeness (QED) is 0.350. The summed E-state index contributed by atoms with van der Waals surface area (Å²) in [5.74, 6) is -0.749. The zero-order valence-corrected chi connectivity index (χ0v) is 18.1. The molecule has 4 aromatic carbocycles. The van der Waals surface area contributed by atoms with E-state index >= 15 is 0 Å². The van der Waals surface area contributed by atoms with E-state index in [4.69, 9.17) is 0 Å². The topological polar surface area (TPSA) is 58.2 Å². The number of fused-ring (bicyclic) bond motifs is 1. The van der Waals surface area contributed by atoms with Gasteiger partial charge in [0.05, 0.1) is 0 Å². The smallest absolute Gasteiger partial charge is 0.272 e. The number of halogens is 1. The van der Waals surface area contributed by atoms with Gasteiger partial charge in [-0.3, -0.25) is 9.59 Å². The maximum absolute atomic E-state index is 13.2. The predicted octanol–water partition coefficient (Wildman–Crippen LogP) is 6.01. The molecule has 0 spiro atoms. The Labute approximate surface area is 188 Å². The van der Waals surface area contributed by atoms with Crippen molar-refractivity contribution in [1.82, 2.24) is 5.32 Å². The Morgan fingerprint density at radius 3 is 2.19 bits per heavy atom. The highest BCUT2D eigenvalue weighted by Crippen LogP contribution is 2.23. The van der Waals surface area contributed by atoms with Crippen LogP contribution in [-0.2, 0) is 4.79 Å². The summed E-state index contributed by atoms with van der Waals surface area (Å²) in [5, 5.41) is 7.65. The standard InChI is InChI=1S/C26H19BrN2O2/c27-21-15-13-18(14-16-21)17-24(29-25(30)20-8-2-1-3-9-20)26(31)28-23-12-6-10-19-7-4-5-11-22(19)23/h1-17H,(H,28,31)(H,29,30)/b24-17-. The Hall–Kier alpha value is -3.70. The van der Waals surface area contributed by atoms with Crippen LogP contribution in [0.4, 0.5) is 5.69 Å². The lowest BCUT2D eigenvalue weighted by Gasteiger charge is -2.13. The van der Waals surface area contributed by atoms with Crippen LogP contribution in [0, 0.1) is 0 Å². The molecule has 0 heterocycles. The summed E-state index contributed by atoms with van der Waals surface area (Å²) in [7, 11) is 0. The second kappa shape index (κ2) is 9.41. The summed E-state index contributed by atoms with van der Waals surface area (Å²) < 4.78 is 0.930. The molecule has 2 N–H and O–H groups in total. The average molecular weight is 471 g/mol. The van der Waals surface area contributed by atoms with Gasteiger partial charge >= 0.3 is 0 Å². The zero-order valence-electron chi connectivity index (χ0n) is 16.5. The molecule has 4 aromatic rings. The first-order valence-corrected chi connectivity index (χ1v) is 10.5. The van der Waals surface area contributed by atoms with Gasteiger partial charge in [0.15, 0.2) is 0 Å². The summed E-state index contributed by atoms with van der Waals surface area (Å²) in [6.07, 6.45) is 1.66. The predicted molar refractivity (Wildman–Crippen MR) is 129 cm³/mol. The van der Waals surface area contributed by atoms with E-state index in [0.29, 0.717) is 11.3 Å². The SMILES string of the molecule is O=C(Nc1cccc2ccccc12)/C(=C/c1ccc(Br)cc1)NC(=O)c1ccccc1. The molecular weight excluding hydrogens is 452 g/mol. The Bertz CT molecular complexity index is 1260. The molecule has 4 rings (SSSR count). The van der Waals surface area contributed by atoms with Gasteiger partial charge in [0.1, 0.15) is 5.70 Å². The fraction of sp³-hybridized carbons (Fsp3) is 0. The van der Waals surface area contributed by atoms with Gasteiger partial charge in [-0.2, -0.15) is 0 Å². The summed E-state index contributed by atoms with van der Waals surface area (Å²) in [4.78, 5) is 25.9. The highest BCUT2D eigenvalue weighted by molar-refractivity contribution is 9.10. The monoisotopic (exact) mass is 470 g/mol. The molecule has 0 saturated carbocycles. The van der Waals surface area contributed by atoms with Crippen LogP contribution in [0.15, 0.2) is 107 Å². The Kier molecular flexibility index (Phi) is 6.24. The largest absolute Gasteiger partial charge is 0.320 e. The van der Waals surface area contributed by atoms with E-state index in [9.17, 15) is 9.59 Å². The van der Waals surface area contributed by atoms with Crippen molar-refractivity contribution in [2.45, 2.75) is 0 Å². The van der Waals surface area contributed by atoms with Crippen molar-refractivity contribution in [2.75, 3.05) is 5.32 Å². The fourth-order valence-corrected chi connectivity index (χ4v) is 3.46. The van der Waals surface area contributed by atoms with Crippen molar-refractivity contribution >= 4 is 50.3 Å². The molecule has 0 aliphatic rings. The number of nitrogens with one attached hydrogen (secondary N) is 2. The number of hydrogen-bond donors (Lipinski definition) is 2. The third-order valence-electron chi connectivity index (χ3n) is 4.75. The van der Waals surface area contributed by atoms with Crippen LogP contribution in [0.3, 0.4) is 0 Å². The van der Waals surface area contributed by atoms with Gasteiger partial charge < -0.3 is 10.6 Å². The lowest BCUT2D eigenvalue weighted by atomic mass is 10.1. The molecule has 0 atom stereocenters. The van der Waals surface area contributed by atoms with Gasteiger partial charge in [-0.1, -0.05) is 82.7 Å². The van der Waals surface area contributed by atoms with Gasteiger partial charge in [0.2, 0.25) is 0 Å². The number of carbonyl (C=O) groups excluding carboxylic acids is 2. The third-order valence-corrected chi connectivity index (χ3v) is 5.28. The average Bonchev–Trinajstić information content (AvgIpc) is 2.81. The highest BCUT2D eigenvalue weighted by Gasteiger charge is 2.16. The Morgan fingerprint density at radius 2 is 1.42 bits per heavy atom. The summed E-state index contributed by atoms with van der Waals surface area (Å²) in [5.41, 5.74) is 2.10. The molecule has 0 unspecified atom stereocenters. The van der Waals surface area contributed by atoms with Crippen molar-refractivity contribution < 1.29 is 9.59 Å². The van der Waals surface area contributed by atoms with E-state index in [-0.39, 0.29) is 11.6 Å².